The molecule has 0 amide bonds. The standard InChI is InChI=1S/C13H14O5/c1-17-9-4-2-8(3-5-9)7-18-13(16)11-6-10(11)12(14)15/h2-5,10-11H,6-7H2,1H3,(H,14,15)/t10-,11+/m1/s1. The van der Waals surface area contributed by atoms with Crippen LogP contribution in [0.3, 0.4) is 0 Å². The number of carboxylic acids is 1. The highest BCUT2D eigenvalue weighted by molar-refractivity contribution is 5.86. The lowest BCUT2D eigenvalue weighted by molar-refractivity contribution is -0.149. The Morgan fingerprint density at radius 3 is 2.44 bits per heavy atom. The molecule has 18 heavy (non-hydrogen) atoms. The second kappa shape index (κ2) is 5.08. The average molecular weight is 250 g/mol. The third-order valence-electron chi connectivity index (χ3n) is 2.95. The lowest BCUT2D eigenvalue weighted by Crippen LogP contribution is -2.11. The van der Waals surface area contributed by atoms with Crippen LogP contribution in [-0.4, -0.2) is 24.2 Å². The van der Waals surface area contributed by atoms with Gasteiger partial charge < -0.3 is 14.6 Å². The minimum absolute atomic E-state index is 0.158. The van der Waals surface area contributed by atoms with Gasteiger partial charge in [0.1, 0.15) is 12.4 Å². The zero-order valence-corrected chi connectivity index (χ0v) is 9.96. The van der Waals surface area contributed by atoms with Gasteiger partial charge in [0.2, 0.25) is 0 Å². The Kier molecular flexibility index (Phi) is 3.50. The molecule has 2 atom stereocenters. The molecule has 0 saturated heterocycles. The fraction of sp³-hybridized carbons (Fsp3) is 0.385. The average Bonchev–Trinajstić information content (AvgIpc) is 3.17. The molecule has 0 radical (unpaired) electrons. The van der Waals surface area contributed by atoms with Crippen molar-refractivity contribution in [3.8, 4) is 5.75 Å². The monoisotopic (exact) mass is 250 g/mol. The summed E-state index contributed by atoms with van der Waals surface area (Å²) in [6.07, 6.45) is 0.386. The van der Waals surface area contributed by atoms with Crippen molar-refractivity contribution >= 4 is 11.9 Å². The van der Waals surface area contributed by atoms with Crippen molar-refractivity contribution in [3.63, 3.8) is 0 Å². The van der Waals surface area contributed by atoms with Crippen LogP contribution in [-0.2, 0) is 20.9 Å². The molecule has 1 fully saturated rings. The first kappa shape index (κ1) is 12.4. The number of aliphatic carboxylic acids is 1. The molecule has 2 rings (SSSR count). The number of ether oxygens (including phenoxy) is 2. The van der Waals surface area contributed by atoms with Gasteiger partial charge in [-0.25, -0.2) is 0 Å². The van der Waals surface area contributed by atoms with Gasteiger partial charge in [-0.1, -0.05) is 12.1 Å². The topological polar surface area (TPSA) is 72.8 Å². The van der Waals surface area contributed by atoms with Gasteiger partial charge in [-0.2, -0.15) is 0 Å². The maximum absolute atomic E-state index is 11.5. The van der Waals surface area contributed by atoms with Crippen LogP contribution < -0.4 is 4.74 Å². The van der Waals surface area contributed by atoms with Crippen LogP contribution in [0.5, 0.6) is 5.75 Å². The lowest BCUT2D eigenvalue weighted by Gasteiger charge is -2.05. The smallest absolute Gasteiger partial charge is 0.310 e. The van der Waals surface area contributed by atoms with E-state index in [-0.39, 0.29) is 6.61 Å². The Bertz CT molecular complexity index is 451. The van der Waals surface area contributed by atoms with E-state index < -0.39 is 23.8 Å². The number of esters is 1. The Morgan fingerprint density at radius 2 is 1.94 bits per heavy atom. The van der Waals surface area contributed by atoms with Gasteiger partial charge in [0, 0.05) is 0 Å². The van der Waals surface area contributed by atoms with Gasteiger partial charge in [0.15, 0.2) is 0 Å². The number of carboxylic acid groups (broad SMARTS) is 1. The highest BCUT2D eigenvalue weighted by Gasteiger charge is 2.49. The molecule has 0 unspecified atom stereocenters. The summed E-state index contributed by atoms with van der Waals surface area (Å²) in [6.45, 7) is 0.158. The predicted octanol–water partition coefficient (Wildman–Crippen LogP) is 1.46. The van der Waals surface area contributed by atoms with Crippen molar-refractivity contribution < 1.29 is 24.2 Å². The van der Waals surface area contributed by atoms with Gasteiger partial charge in [0.25, 0.3) is 0 Å². The van der Waals surface area contributed by atoms with Crippen LogP contribution in [0.4, 0.5) is 0 Å². The van der Waals surface area contributed by atoms with E-state index in [9.17, 15) is 9.59 Å². The summed E-state index contributed by atoms with van der Waals surface area (Å²) in [7, 11) is 1.58. The van der Waals surface area contributed by atoms with E-state index in [2.05, 4.69) is 0 Å². The summed E-state index contributed by atoms with van der Waals surface area (Å²) in [5, 5.41) is 8.69. The molecule has 1 aromatic rings. The molecule has 1 aliphatic rings. The van der Waals surface area contributed by atoms with Crippen LogP contribution in [0.25, 0.3) is 0 Å². The first-order valence-electron chi connectivity index (χ1n) is 5.64. The van der Waals surface area contributed by atoms with E-state index in [1.807, 2.05) is 0 Å². The Hall–Kier alpha value is -2.04. The van der Waals surface area contributed by atoms with E-state index in [1.54, 1.807) is 31.4 Å². The van der Waals surface area contributed by atoms with Crippen LogP contribution in [0.1, 0.15) is 12.0 Å². The van der Waals surface area contributed by atoms with E-state index in [0.717, 1.165) is 11.3 Å². The first-order chi connectivity index (χ1) is 8.61. The van der Waals surface area contributed by atoms with Crippen LogP contribution in [0.15, 0.2) is 24.3 Å². The third kappa shape index (κ3) is 2.80. The van der Waals surface area contributed by atoms with Crippen LogP contribution in [0.2, 0.25) is 0 Å². The van der Waals surface area contributed by atoms with Crippen molar-refractivity contribution in [1.29, 1.82) is 0 Å². The maximum atomic E-state index is 11.5. The molecule has 0 heterocycles. The van der Waals surface area contributed by atoms with Crippen molar-refractivity contribution in [1.82, 2.24) is 0 Å². The molecule has 0 aromatic heterocycles. The Morgan fingerprint density at radius 1 is 1.28 bits per heavy atom. The number of benzene rings is 1. The molecule has 96 valence electrons. The number of rotatable bonds is 5. The molecule has 1 aromatic carbocycles. The quantitative estimate of drug-likeness (QED) is 0.801. The molecule has 0 spiro atoms. The summed E-state index contributed by atoms with van der Waals surface area (Å²) in [4.78, 5) is 22.1. The summed E-state index contributed by atoms with van der Waals surface area (Å²) in [5.74, 6) is -1.66. The molecule has 5 heteroatoms. The van der Waals surface area contributed by atoms with E-state index in [0.29, 0.717) is 6.42 Å². The molecule has 5 nitrogen and oxygen atoms in total. The second-order valence-electron chi connectivity index (χ2n) is 4.24. The lowest BCUT2D eigenvalue weighted by atomic mass is 10.2. The van der Waals surface area contributed by atoms with E-state index in [1.165, 1.54) is 0 Å². The van der Waals surface area contributed by atoms with Crippen molar-refractivity contribution in [3.05, 3.63) is 29.8 Å². The zero-order valence-electron chi connectivity index (χ0n) is 9.96. The number of carbonyl (C=O) groups is 2. The number of methoxy groups -OCH3 is 1. The number of hydrogen-bond acceptors (Lipinski definition) is 4. The van der Waals surface area contributed by atoms with Gasteiger partial charge in [-0.05, 0) is 24.1 Å². The fourth-order valence-electron chi connectivity index (χ4n) is 1.71. The summed E-state index contributed by atoms with van der Waals surface area (Å²) >= 11 is 0. The summed E-state index contributed by atoms with van der Waals surface area (Å²) < 4.78 is 10.1. The largest absolute Gasteiger partial charge is 0.497 e. The van der Waals surface area contributed by atoms with Crippen LogP contribution in [0, 0.1) is 11.8 Å². The highest BCUT2D eigenvalue weighted by atomic mass is 16.5. The predicted molar refractivity (Wildman–Crippen MR) is 62.0 cm³/mol. The van der Waals surface area contributed by atoms with E-state index >= 15 is 0 Å². The van der Waals surface area contributed by atoms with Gasteiger partial charge in [-0.3, -0.25) is 9.59 Å². The van der Waals surface area contributed by atoms with Gasteiger partial charge in [-0.15, -0.1) is 0 Å². The van der Waals surface area contributed by atoms with Crippen LogP contribution >= 0.6 is 0 Å². The zero-order chi connectivity index (χ0) is 13.1. The summed E-state index contributed by atoms with van der Waals surface area (Å²) in [5.41, 5.74) is 0.844. The maximum Gasteiger partial charge on any atom is 0.310 e. The minimum atomic E-state index is -0.929. The Balaban J connectivity index is 1.81. The van der Waals surface area contributed by atoms with Gasteiger partial charge in [0.05, 0.1) is 18.9 Å². The second-order valence-corrected chi connectivity index (χ2v) is 4.24. The van der Waals surface area contributed by atoms with E-state index in [4.69, 9.17) is 14.6 Å². The molecular weight excluding hydrogens is 236 g/mol. The van der Waals surface area contributed by atoms with Crippen molar-refractivity contribution in [2.75, 3.05) is 7.11 Å². The summed E-state index contributed by atoms with van der Waals surface area (Å²) in [6, 6.07) is 7.15. The fourth-order valence-corrected chi connectivity index (χ4v) is 1.71. The third-order valence-corrected chi connectivity index (χ3v) is 2.95. The normalized spacial score (nSPS) is 21.2. The molecule has 0 aliphatic heterocycles. The number of carbonyl (C=O) groups excluding carboxylic acids is 1. The molecule has 1 N–H and O–H groups in total. The SMILES string of the molecule is COc1ccc(COC(=O)[C@H]2C[C@H]2C(=O)O)cc1. The first-order valence-corrected chi connectivity index (χ1v) is 5.64. The van der Waals surface area contributed by atoms with Gasteiger partial charge >= 0.3 is 11.9 Å². The molecule has 0 bridgehead atoms. The van der Waals surface area contributed by atoms with Crippen molar-refractivity contribution in [2.24, 2.45) is 11.8 Å². The Labute approximate surface area is 104 Å². The molecule has 1 saturated carbocycles. The molecular formula is C13H14O5. The minimum Gasteiger partial charge on any atom is -0.497 e. The number of hydrogen-bond donors (Lipinski definition) is 1. The highest BCUT2D eigenvalue weighted by Crippen LogP contribution is 2.39. The molecule has 1 aliphatic carbocycles. The van der Waals surface area contributed by atoms with Crippen molar-refractivity contribution in [2.45, 2.75) is 13.0 Å².